The molecule has 2 aromatic carbocycles. The molecule has 7 nitrogen and oxygen atoms in total. The molecule has 3 N–H and O–H groups in total. The number of ether oxygens (including phenoxy) is 1. The molecule has 2 aromatic rings. The lowest BCUT2D eigenvalue weighted by molar-refractivity contribution is -0.187. The van der Waals surface area contributed by atoms with E-state index in [-0.39, 0.29) is 23.0 Å². The predicted molar refractivity (Wildman–Crippen MR) is 175 cm³/mol. The van der Waals surface area contributed by atoms with Crippen molar-refractivity contribution in [2.75, 3.05) is 26.2 Å². The molecule has 3 aliphatic heterocycles. The van der Waals surface area contributed by atoms with Crippen molar-refractivity contribution in [3.8, 4) is 17.2 Å². The van der Waals surface area contributed by atoms with E-state index in [2.05, 4.69) is 56.2 Å². The van der Waals surface area contributed by atoms with Crippen LogP contribution in [0.2, 0.25) is 0 Å². The van der Waals surface area contributed by atoms with E-state index >= 15 is 0 Å². The van der Waals surface area contributed by atoms with E-state index in [1.54, 1.807) is 6.07 Å². The monoisotopic (exact) mass is 612 g/mol. The number of allylic oxidation sites excluding steroid dienone is 1. The molecule has 0 unspecified atom stereocenters. The molecule has 240 valence electrons. The van der Waals surface area contributed by atoms with Gasteiger partial charge >= 0.3 is 0 Å². The quantitative estimate of drug-likeness (QED) is 0.410. The van der Waals surface area contributed by atoms with Gasteiger partial charge in [0.05, 0.1) is 11.0 Å². The SMILES string of the molecule is C=CCN1CC[C@]23c4c5ccc(O)c4O[C@H]2C(=O)CC[C@@]3(O)[C@H]1C5.CC(C)=CCN1CC[C@@]2(C)c3cc(O)ccc3C[C@@H]1[C@H]2C. The summed E-state index contributed by atoms with van der Waals surface area (Å²) in [6.45, 7) is 16.7. The number of hydrogen-bond donors (Lipinski definition) is 3. The highest BCUT2D eigenvalue weighted by molar-refractivity contribution is 5.90. The maximum absolute atomic E-state index is 12.6. The zero-order chi connectivity index (χ0) is 31.9. The topological polar surface area (TPSA) is 93.5 Å². The Morgan fingerprint density at radius 3 is 2.56 bits per heavy atom. The number of carbonyl (C=O) groups excluding carboxylic acids is 1. The maximum Gasteiger partial charge on any atom is 0.174 e. The summed E-state index contributed by atoms with van der Waals surface area (Å²) in [6, 6.07) is 10.1. The van der Waals surface area contributed by atoms with E-state index in [1.807, 2.05) is 24.3 Å². The number of carbonyl (C=O) groups is 1. The van der Waals surface area contributed by atoms with Crippen molar-refractivity contribution in [2.45, 2.75) is 101 Å². The van der Waals surface area contributed by atoms with Crippen LogP contribution in [-0.4, -0.2) is 80.9 Å². The van der Waals surface area contributed by atoms with E-state index in [4.69, 9.17) is 4.74 Å². The van der Waals surface area contributed by atoms with Crippen molar-refractivity contribution in [1.82, 2.24) is 9.80 Å². The summed E-state index contributed by atoms with van der Waals surface area (Å²) < 4.78 is 5.98. The van der Waals surface area contributed by atoms with Gasteiger partial charge in [-0.15, -0.1) is 6.58 Å². The number of benzene rings is 2. The molecule has 0 amide bonds. The molecule has 0 aromatic heterocycles. The second-order valence-corrected chi connectivity index (χ2v) is 14.9. The lowest BCUT2D eigenvalue weighted by atomic mass is 9.49. The first kappa shape index (κ1) is 30.5. The number of ketones is 1. The van der Waals surface area contributed by atoms with Crippen LogP contribution in [0.4, 0.5) is 0 Å². The molecule has 3 fully saturated rings. The number of hydrogen-bond acceptors (Lipinski definition) is 7. The number of rotatable bonds is 4. The molecule has 7 atom stereocenters. The zero-order valence-electron chi connectivity index (χ0n) is 27.2. The van der Waals surface area contributed by atoms with Crippen LogP contribution in [-0.2, 0) is 28.5 Å². The van der Waals surface area contributed by atoms with Crippen LogP contribution in [0.1, 0.15) is 75.6 Å². The van der Waals surface area contributed by atoms with Gasteiger partial charge in [-0.1, -0.05) is 43.7 Å². The van der Waals surface area contributed by atoms with E-state index in [0.29, 0.717) is 49.1 Å². The molecule has 2 saturated heterocycles. The fourth-order valence-corrected chi connectivity index (χ4v) is 10.0. The Bertz CT molecular complexity index is 1580. The molecule has 4 bridgehead atoms. The van der Waals surface area contributed by atoms with Crippen LogP contribution in [0, 0.1) is 5.92 Å². The first-order chi connectivity index (χ1) is 21.4. The third-order valence-electron chi connectivity index (χ3n) is 12.6. The number of aromatic hydroxyl groups is 2. The van der Waals surface area contributed by atoms with Gasteiger partial charge in [0.2, 0.25) is 0 Å². The Kier molecular flexibility index (Phi) is 7.27. The molecule has 8 rings (SSSR count). The van der Waals surface area contributed by atoms with Crippen molar-refractivity contribution < 1.29 is 24.9 Å². The lowest BCUT2D eigenvalue weighted by Crippen LogP contribution is -2.76. The zero-order valence-corrected chi connectivity index (χ0v) is 27.2. The van der Waals surface area contributed by atoms with Crippen molar-refractivity contribution in [3.63, 3.8) is 0 Å². The van der Waals surface area contributed by atoms with Crippen molar-refractivity contribution in [1.29, 1.82) is 0 Å². The molecular weight excluding hydrogens is 564 g/mol. The van der Waals surface area contributed by atoms with Crippen LogP contribution in [0.5, 0.6) is 17.2 Å². The van der Waals surface area contributed by atoms with E-state index < -0.39 is 17.1 Å². The molecule has 1 saturated carbocycles. The lowest BCUT2D eigenvalue weighted by Gasteiger charge is -2.62. The normalized spacial score (nSPS) is 35.7. The highest BCUT2D eigenvalue weighted by atomic mass is 16.5. The predicted octanol–water partition coefficient (Wildman–Crippen LogP) is 5.18. The average Bonchev–Trinajstić information content (AvgIpc) is 3.36. The first-order valence-corrected chi connectivity index (χ1v) is 16.8. The van der Waals surface area contributed by atoms with Crippen LogP contribution in [0.25, 0.3) is 0 Å². The Labute approximate surface area is 267 Å². The van der Waals surface area contributed by atoms with Gasteiger partial charge in [-0.05, 0) is 98.7 Å². The van der Waals surface area contributed by atoms with Crippen molar-refractivity contribution in [2.24, 2.45) is 5.92 Å². The summed E-state index contributed by atoms with van der Waals surface area (Å²) in [7, 11) is 0. The van der Waals surface area contributed by atoms with Gasteiger partial charge in [0.1, 0.15) is 5.75 Å². The number of piperidine rings is 2. The average molecular weight is 613 g/mol. The third kappa shape index (κ3) is 4.30. The molecule has 6 aliphatic rings. The molecular formula is C38H48N2O5. The first-order valence-electron chi connectivity index (χ1n) is 16.8. The highest BCUT2D eigenvalue weighted by Crippen LogP contribution is 2.64. The summed E-state index contributed by atoms with van der Waals surface area (Å²) in [5.41, 5.74) is 4.68. The second kappa shape index (κ2) is 10.7. The number of nitrogens with zero attached hydrogens (tertiary/aromatic N) is 2. The van der Waals surface area contributed by atoms with Gasteiger partial charge in [-0.3, -0.25) is 14.6 Å². The number of fused-ring (bicyclic) bond motifs is 4. The number of aliphatic hydroxyl groups is 1. The maximum atomic E-state index is 12.6. The molecule has 7 heteroatoms. The van der Waals surface area contributed by atoms with Gasteiger partial charge in [0.25, 0.3) is 0 Å². The number of phenols is 2. The summed E-state index contributed by atoms with van der Waals surface area (Å²) in [4.78, 5) is 17.6. The van der Waals surface area contributed by atoms with E-state index in [0.717, 1.165) is 43.7 Å². The van der Waals surface area contributed by atoms with Crippen LogP contribution in [0.3, 0.4) is 0 Å². The fourth-order valence-electron chi connectivity index (χ4n) is 10.0. The second-order valence-electron chi connectivity index (χ2n) is 14.9. The Hall–Kier alpha value is -3.13. The largest absolute Gasteiger partial charge is 0.508 e. The van der Waals surface area contributed by atoms with Crippen LogP contribution < -0.4 is 4.74 Å². The minimum atomic E-state index is -1.00. The van der Waals surface area contributed by atoms with Crippen LogP contribution in [0.15, 0.2) is 54.6 Å². The van der Waals surface area contributed by atoms with Gasteiger partial charge in [-0.25, -0.2) is 0 Å². The van der Waals surface area contributed by atoms with Gasteiger partial charge in [-0.2, -0.15) is 0 Å². The Morgan fingerprint density at radius 2 is 1.80 bits per heavy atom. The molecule has 0 radical (unpaired) electrons. The third-order valence-corrected chi connectivity index (χ3v) is 12.6. The fraction of sp³-hybridized carbons (Fsp3) is 0.553. The minimum Gasteiger partial charge on any atom is -0.508 e. The van der Waals surface area contributed by atoms with Gasteiger partial charge in [0.15, 0.2) is 23.4 Å². The smallest absolute Gasteiger partial charge is 0.174 e. The number of phenolic OH excluding ortho intramolecular Hbond substituents is 2. The van der Waals surface area contributed by atoms with E-state index in [9.17, 15) is 20.1 Å². The summed E-state index contributed by atoms with van der Waals surface area (Å²) in [5.74, 6) is 1.57. The Morgan fingerprint density at radius 1 is 1.04 bits per heavy atom. The summed E-state index contributed by atoms with van der Waals surface area (Å²) >= 11 is 0. The van der Waals surface area contributed by atoms with Crippen molar-refractivity contribution >= 4 is 5.78 Å². The molecule has 3 aliphatic carbocycles. The van der Waals surface area contributed by atoms with Crippen molar-refractivity contribution in [3.05, 3.63) is 76.9 Å². The molecule has 1 spiro atoms. The van der Waals surface area contributed by atoms with Crippen LogP contribution >= 0.6 is 0 Å². The Balaban J connectivity index is 0.000000146. The standard InChI is InChI=1S/C19H21NO4.C19H27NO/c1-2-8-20-9-7-18-15-11-3-4-12(21)16(15)24-17(18)13(22)5-6-19(18,23)14(20)10-11;1-13(2)7-9-20-10-8-19(4)14(3)18(20)11-15-5-6-16(21)12-17(15)19/h2-4,14,17,21,23H,1,5-10H2;5-7,12,14,18,21H,8-11H2,1-4H3/t14-,17+,18+,19-;14-,18-,19-/m11/s1. The number of likely N-dealkylation sites (tertiary alicyclic amines) is 2. The summed E-state index contributed by atoms with van der Waals surface area (Å²) in [6.07, 6.45) is 7.99. The van der Waals surface area contributed by atoms with Gasteiger partial charge < -0.3 is 20.1 Å². The molecule has 3 heterocycles. The van der Waals surface area contributed by atoms with Gasteiger partial charge in [0, 0.05) is 43.7 Å². The van der Waals surface area contributed by atoms with E-state index in [1.165, 1.54) is 23.1 Å². The number of Topliss-reactive ketones (excluding diaryl/α,β-unsaturated/α-hetero) is 1. The highest BCUT2D eigenvalue weighted by Gasteiger charge is 2.73. The molecule has 45 heavy (non-hydrogen) atoms. The minimum absolute atomic E-state index is 0.0408. The summed E-state index contributed by atoms with van der Waals surface area (Å²) in [5, 5.41) is 32.0.